The summed E-state index contributed by atoms with van der Waals surface area (Å²) in [7, 11) is 0. The molecule has 2 rings (SSSR count). The second kappa shape index (κ2) is 5.10. The average Bonchev–Trinajstić information content (AvgIpc) is 2.85. The topological polar surface area (TPSA) is 20.3 Å². The van der Waals surface area contributed by atoms with Gasteiger partial charge in [0.15, 0.2) is 0 Å². The van der Waals surface area contributed by atoms with Crippen LogP contribution >= 0.6 is 23.2 Å². The van der Waals surface area contributed by atoms with Crippen molar-refractivity contribution in [3.05, 3.63) is 33.8 Å². The third kappa shape index (κ3) is 2.50. The lowest BCUT2D eigenvalue weighted by atomic mass is 9.83. The fourth-order valence-corrected chi connectivity index (χ4v) is 2.62. The molecule has 0 spiro atoms. The van der Waals surface area contributed by atoms with Gasteiger partial charge in [-0.1, -0.05) is 29.3 Å². The highest BCUT2D eigenvalue weighted by atomic mass is 35.5. The molecule has 4 heteroatoms. The summed E-state index contributed by atoms with van der Waals surface area (Å²) < 4.78 is 0. The Hall–Kier alpha value is -0.730. The molecule has 0 unspecified atom stereocenters. The summed E-state index contributed by atoms with van der Waals surface area (Å²) in [6, 6.07) is 5.41. The quantitative estimate of drug-likeness (QED) is 0.807. The number of rotatable bonds is 2. The highest BCUT2D eigenvalue weighted by molar-refractivity contribution is 6.42. The molecule has 18 heavy (non-hydrogen) atoms. The lowest BCUT2D eigenvalue weighted by molar-refractivity contribution is -0.135. The SMILES string of the molecule is CC(C)(C(=O)N1CCCC1)c1ccc(Cl)c(Cl)c1. The molecule has 0 radical (unpaired) electrons. The van der Waals surface area contributed by atoms with Crippen LogP contribution in [0.2, 0.25) is 10.0 Å². The van der Waals surface area contributed by atoms with E-state index in [1.165, 1.54) is 0 Å². The maximum Gasteiger partial charge on any atom is 0.232 e. The molecule has 2 nitrogen and oxygen atoms in total. The molecule has 1 fully saturated rings. The Kier molecular flexibility index (Phi) is 3.88. The summed E-state index contributed by atoms with van der Waals surface area (Å²) in [6.07, 6.45) is 2.20. The lowest BCUT2D eigenvalue weighted by Crippen LogP contribution is -2.41. The molecule has 1 heterocycles. The molecule has 1 aromatic carbocycles. The molecule has 0 aliphatic carbocycles. The molecule has 0 bridgehead atoms. The molecular formula is C14H17Cl2NO. The minimum absolute atomic E-state index is 0.165. The van der Waals surface area contributed by atoms with Crippen molar-refractivity contribution >= 4 is 29.1 Å². The van der Waals surface area contributed by atoms with Crippen LogP contribution in [-0.2, 0) is 10.2 Å². The van der Waals surface area contributed by atoms with Crippen molar-refractivity contribution in [1.82, 2.24) is 4.90 Å². The normalized spacial score (nSPS) is 16.1. The average molecular weight is 286 g/mol. The fourth-order valence-electron chi connectivity index (χ4n) is 2.32. The van der Waals surface area contributed by atoms with E-state index in [9.17, 15) is 4.79 Å². The molecule has 0 saturated carbocycles. The molecule has 1 aliphatic heterocycles. The second-order valence-corrected chi connectivity index (χ2v) is 6.07. The molecule has 1 saturated heterocycles. The minimum atomic E-state index is -0.557. The summed E-state index contributed by atoms with van der Waals surface area (Å²) in [6.45, 7) is 5.60. The van der Waals surface area contributed by atoms with E-state index in [2.05, 4.69) is 0 Å². The van der Waals surface area contributed by atoms with Gasteiger partial charge >= 0.3 is 0 Å². The first-order valence-electron chi connectivity index (χ1n) is 6.18. The first kappa shape index (κ1) is 13.7. The summed E-state index contributed by atoms with van der Waals surface area (Å²) in [5.41, 5.74) is 0.354. The van der Waals surface area contributed by atoms with E-state index >= 15 is 0 Å². The zero-order valence-electron chi connectivity index (χ0n) is 10.7. The van der Waals surface area contributed by atoms with Gasteiger partial charge in [0.1, 0.15) is 0 Å². The van der Waals surface area contributed by atoms with Crippen LogP contribution in [0.5, 0.6) is 0 Å². The largest absolute Gasteiger partial charge is 0.342 e. The summed E-state index contributed by atoms with van der Waals surface area (Å²) in [5.74, 6) is 0.165. The van der Waals surface area contributed by atoms with E-state index in [1.54, 1.807) is 12.1 Å². The van der Waals surface area contributed by atoms with Gasteiger partial charge in [0.05, 0.1) is 15.5 Å². The van der Waals surface area contributed by atoms with Gasteiger partial charge in [-0.2, -0.15) is 0 Å². The monoisotopic (exact) mass is 285 g/mol. The van der Waals surface area contributed by atoms with Crippen LogP contribution in [0.1, 0.15) is 32.3 Å². The highest BCUT2D eigenvalue weighted by Gasteiger charge is 2.35. The number of hydrogen-bond acceptors (Lipinski definition) is 1. The van der Waals surface area contributed by atoms with E-state index in [1.807, 2.05) is 24.8 Å². The van der Waals surface area contributed by atoms with Gasteiger partial charge in [0.25, 0.3) is 0 Å². The van der Waals surface area contributed by atoms with E-state index in [4.69, 9.17) is 23.2 Å². The van der Waals surface area contributed by atoms with Gasteiger partial charge in [0.2, 0.25) is 5.91 Å². The van der Waals surface area contributed by atoms with Crippen molar-refractivity contribution in [2.75, 3.05) is 13.1 Å². The molecule has 0 aromatic heterocycles. The fraction of sp³-hybridized carbons (Fsp3) is 0.500. The van der Waals surface area contributed by atoms with E-state index in [0.717, 1.165) is 31.5 Å². The molecule has 0 N–H and O–H groups in total. The number of amides is 1. The Morgan fingerprint density at radius 3 is 2.33 bits per heavy atom. The summed E-state index contributed by atoms with van der Waals surface area (Å²) >= 11 is 11.9. The van der Waals surface area contributed by atoms with E-state index in [0.29, 0.717) is 10.0 Å². The minimum Gasteiger partial charge on any atom is -0.342 e. The Morgan fingerprint density at radius 2 is 1.78 bits per heavy atom. The van der Waals surface area contributed by atoms with Gasteiger partial charge in [-0.25, -0.2) is 0 Å². The molecule has 1 aromatic rings. The first-order valence-corrected chi connectivity index (χ1v) is 6.93. The van der Waals surface area contributed by atoms with E-state index < -0.39 is 5.41 Å². The lowest BCUT2D eigenvalue weighted by Gasteiger charge is -2.29. The third-order valence-electron chi connectivity index (χ3n) is 3.57. The van der Waals surface area contributed by atoms with Crippen molar-refractivity contribution in [3.63, 3.8) is 0 Å². The smallest absolute Gasteiger partial charge is 0.232 e. The number of likely N-dealkylation sites (tertiary alicyclic amines) is 1. The molecule has 98 valence electrons. The van der Waals surface area contributed by atoms with Crippen LogP contribution in [-0.4, -0.2) is 23.9 Å². The van der Waals surface area contributed by atoms with Crippen molar-refractivity contribution in [2.45, 2.75) is 32.1 Å². The number of halogens is 2. The van der Waals surface area contributed by atoms with Crippen molar-refractivity contribution in [1.29, 1.82) is 0 Å². The Morgan fingerprint density at radius 1 is 1.17 bits per heavy atom. The van der Waals surface area contributed by atoms with Gasteiger partial charge in [-0.15, -0.1) is 0 Å². The second-order valence-electron chi connectivity index (χ2n) is 5.25. The maximum absolute atomic E-state index is 12.5. The highest BCUT2D eigenvalue weighted by Crippen LogP contribution is 2.32. The van der Waals surface area contributed by atoms with Crippen molar-refractivity contribution in [3.8, 4) is 0 Å². The van der Waals surface area contributed by atoms with Crippen molar-refractivity contribution < 1.29 is 4.79 Å². The predicted molar refractivity (Wildman–Crippen MR) is 75.3 cm³/mol. The van der Waals surface area contributed by atoms with Gasteiger partial charge in [-0.05, 0) is 44.4 Å². The Labute approximate surface area is 118 Å². The van der Waals surface area contributed by atoms with Crippen LogP contribution in [0, 0.1) is 0 Å². The van der Waals surface area contributed by atoms with Crippen LogP contribution in [0.4, 0.5) is 0 Å². The Balaban J connectivity index is 2.28. The zero-order chi connectivity index (χ0) is 13.3. The van der Waals surface area contributed by atoms with E-state index in [-0.39, 0.29) is 5.91 Å². The molecule has 1 amide bonds. The van der Waals surface area contributed by atoms with Crippen LogP contribution in [0.3, 0.4) is 0 Å². The van der Waals surface area contributed by atoms with Crippen LogP contribution < -0.4 is 0 Å². The van der Waals surface area contributed by atoms with Crippen LogP contribution in [0.25, 0.3) is 0 Å². The predicted octanol–water partition coefficient (Wildman–Crippen LogP) is 3.89. The number of nitrogens with zero attached hydrogens (tertiary/aromatic N) is 1. The number of hydrogen-bond donors (Lipinski definition) is 0. The molecule has 1 aliphatic rings. The number of carbonyl (C=O) groups excluding carboxylic acids is 1. The molecule has 0 atom stereocenters. The first-order chi connectivity index (χ1) is 8.43. The summed E-state index contributed by atoms with van der Waals surface area (Å²) in [5, 5.41) is 1.02. The van der Waals surface area contributed by atoms with Gasteiger partial charge in [-0.3, -0.25) is 4.79 Å². The number of benzene rings is 1. The number of carbonyl (C=O) groups is 1. The van der Waals surface area contributed by atoms with Gasteiger partial charge in [0, 0.05) is 13.1 Å². The zero-order valence-corrected chi connectivity index (χ0v) is 12.2. The van der Waals surface area contributed by atoms with Crippen molar-refractivity contribution in [2.24, 2.45) is 0 Å². The molecular weight excluding hydrogens is 269 g/mol. The van der Waals surface area contributed by atoms with Gasteiger partial charge < -0.3 is 4.90 Å². The third-order valence-corrected chi connectivity index (χ3v) is 4.31. The summed E-state index contributed by atoms with van der Waals surface area (Å²) in [4.78, 5) is 14.4. The Bertz CT molecular complexity index is 465. The maximum atomic E-state index is 12.5. The van der Waals surface area contributed by atoms with Crippen LogP contribution in [0.15, 0.2) is 18.2 Å². The standard InChI is InChI=1S/C14H17Cl2NO/c1-14(2,13(18)17-7-3-4-8-17)10-5-6-11(15)12(16)9-10/h5-6,9H,3-4,7-8H2,1-2H3.